The summed E-state index contributed by atoms with van der Waals surface area (Å²) in [5.74, 6) is 1.41. The number of aromatic nitrogens is 3. The number of benzene rings is 1. The molecule has 2 heterocycles. The van der Waals surface area contributed by atoms with Crippen molar-refractivity contribution in [3.63, 3.8) is 0 Å². The Morgan fingerprint density at radius 2 is 2.26 bits per heavy atom. The first kappa shape index (κ1) is 15.9. The Bertz CT molecular complexity index is 746. The number of ether oxygens (including phenoxy) is 1. The van der Waals surface area contributed by atoms with Gasteiger partial charge in [-0.15, -0.1) is 10.2 Å². The number of aryl methyl sites for hydroxylation is 1. The molecule has 0 fully saturated rings. The van der Waals surface area contributed by atoms with E-state index in [1.165, 1.54) is 0 Å². The molecule has 1 unspecified atom stereocenters. The molecule has 1 aliphatic heterocycles. The minimum Gasteiger partial charge on any atom is -0.496 e. The van der Waals surface area contributed by atoms with Gasteiger partial charge in [0.05, 0.1) is 20.2 Å². The van der Waals surface area contributed by atoms with E-state index in [4.69, 9.17) is 4.74 Å². The second-order valence-corrected chi connectivity index (χ2v) is 6.40. The van der Waals surface area contributed by atoms with Gasteiger partial charge in [-0.2, -0.15) is 0 Å². The van der Waals surface area contributed by atoms with Crippen molar-refractivity contribution in [1.82, 2.24) is 19.7 Å². The highest BCUT2D eigenvalue weighted by Gasteiger charge is 2.33. The number of aliphatic carboxylic acids is 1. The molecule has 122 valence electrons. The third-order valence-corrected chi connectivity index (χ3v) is 4.55. The molecule has 2 aromatic rings. The van der Waals surface area contributed by atoms with Gasteiger partial charge in [-0.1, -0.05) is 22.0 Å². The van der Waals surface area contributed by atoms with Gasteiger partial charge in [-0.3, -0.25) is 9.69 Å². The molecule has 1 aromatic carbocycles. The molecule has 0 aliphatic carbocycles. The van der Waals surface area contributed by atoms with Crippen LogP contribution in [0.1, 0.15) is 17.2 Å². The number of hydrogen-bond acceptors (Lipinski definition) is 5. The molecule has 0 radical (unpaired) electrons. The molecule has 8 heteroatoms. The summed E-state index contributed by atoms with van der Waals surface area (Å²) in [5.41, 5.74) is 0.937. The van der Waals surface area contributed by atoms with Gasteiger partial charge in [-0.25, -0.2) is 0 Å². The first-order valence-electron chi connectivity index (χ1n) is 7.17. The van der Waals surface area contributed by atoms with Gasteiger partial charge >= 0.3 is 5.97 Å². The second kappa shape index (κ2) is 6.29. The van der Waals surface area contributed by atoms with E-state index in [1.54, 1.807) is 7.11 Å². The Morgan fingerprint density at radius 1 is 1.48 bits per heavy atom. The molecular weight excluding hydrogens is 364 g/mol. The lowest BCUT2D eigenvalue weighted by Crippen LogP contribution is -2.47. The molecule has 23 heavy (non-hydrogen) atoms. The summed E-state index contributed by atoms with van der Waals surface area (Å²) in [5, 5.41) is 17.8. The lowest BCUT2D eigenvalue weighted by atomic mass is 10.1. The zero-order valence-corrected chi connectivity index (χ0v) is 14.4. The van der Waals surface area contributed by atoms with E-state index in [1.807, 2.05) is 34.6 Å². The molecular formula is C15H17BrN4O3. The molecule has 0 spiro atoms. The summed E-state index contributed by atoms with van der Waals surface area (Å²) >= 11 is 3.41. The van der Waals surface area contributed by atoms with E-state index in [2.05, 4.69) is 26.1 Å². The van der Waals surface area contributed by atoms with Gasteiger partial charge in [0, 0.05) is 16.6 Å². The van der Waals surface area contributed by atoms with Crippen LogP contribution in [0.2, 0.25) is 0 Å². The van der Waals surface area contributed by atoms with Gasteiger partial charge in [0.25, 0.3) is 0 Å². The van der Waals surface area contributed by atoms with Crippen LogP contribution >= 0.6 is 15.9 Å². The predicted octanol–water partition coefficient (Wildman–Crippen LogP) is 1.83. The van der Waals surface area contributed by atoms with Crippen LogP contribution in [0.3, 0.4) is 0 Å². The highest BCUT2D eigenvalue weighted by Crippen LogP contribution is 2.27. The molecule has 1 aromatic heterocycles. The number of fused-ring (bicyclic) bond motifs is 1. The summed E-state index contributed by atoms with van der Waals surface area (Å²) in [4.78, 5) is 13.6. The maximum Gasteiger partial charge on any atom is 0.322 e. The highest BCUT2D eigenvalue weighted by molar-refractivity contribution is 9.10. The van der Waals surface area contributed by atoms with Gasteiger partial charge in [0.2, 0.25) is 0 Å². The van der Waals surface area contributed by atoms with Crippen LogP contribution in [0.5, 0.6) is 5.75 Å². The molecule has 0 saturated heterocycles. The summed E-state index contributed by atoms with van der Waals surface area (Å²) in [6.07, 6.45) is 0. The Morgan fingerprint density at radius 3 is 2.96 bits per heavy atom. The number of carboxylic acid groups (broad SMARTS) is 1. The van der Waals surface area contributed by atoms with E-state index in [9.17, 15) is 9.90 Å². The molecule has 0 saturated carbocycles. The Hall–Kier alpha value is -1.93. The van der Waals surface area contributed by atoms with Crippen LogP contribution in [0.15, 0.2) is 22.7 Å². The van der Waals surface area contributed by atoms with Gasteiger partial charge in [-0.05, 0) is 19.1 Å². The standard InChI is InChI=1S/C15H17BrN4O3/c1-9-17-18-14-8-19(12(15(21)22)7-20(9)14)6-10-3-4-11(16)5-13(10)23-2/h3-5,12H,6-8H2,1-2H3,(H,21,22). The first-order valence-corrected chi connectivity index (χ1v) is 7.97. The molecule has 1 aliphatic rings. The number of rotatable bonds is 4. The van der Waals surface area contributed by atoms with Crippen molar-refractivity contribution in [3.8, 4) is 5.75 Å². The fraction of sp³-hybridized carbons (Fsp3) is 0.400. The van der Waals surface area contributed by atoms with Gasteiger partial charge in [0.1, 0.15) is 23.4 Å². The van der Waals surface area contributed by atoms with Crippen molar-refractivity contribution in [1.29, 1.82) is 0 Å². The molecule has 0 amide bonds. The number of halogens is 1. The largest absolute Gasteiger partial charge is 0.496 e. The van der Waals surface area contributed by atoms with E-state index in [0.717, 1.165) is 27.4 Å². The minimum absolute atomic E-state index is 0.350. The maximum absolute atomic E-state index is 11.7. The lowest BCUT2D eigenvalue weighted by molar-refractivity contribution is -0.145. The SMILES string of the molecule is COc1cc(Br)ccc1CN1Cc2nnc(C)n2CC1C(=O)O. The van der Waals surface area contributed by atoms with Crippen LogP contribution < -0.4 is 4.74 Å². The highest BCUT2D eigenvalue weighted by atomic mass is 79.9. The Labute approximate surface area is 142 Å². The minimum atomic E-state index is -0.847. The van der Waals surface area contributed by atoms with Crippen LogP contribution in [0, 0.1) is 6.92 Å². The average molecular weight is 381 g/mol. The van der Waals surface area contributed by atoms with E-state index >= 15 is 0 Å². The molecule has 3 rings (SSSR count). The third kappa shape index (κ3) is 3.09. The topological polar surface area (TPSA) is 80.5 Å². The van der Waals surface area contributed by atoms with E-state index in [0.29, 0.717) is 19.6 Å². The number of methoxy groups -OCH3 is 1. The lowest BCUT2D eigenvalue weighted by Gasteiger charge is -2.33. The fourth-order valence-electron chi connectivity index (χ4n) is 2.83. The average Bonchev–Trinajstić information content (AvgIpc) is 2.88. The van der Waals surface area contributed by atoms with Crippen molar-refractivity contribution >= 4 is 21.9 Å². The van der Waals surface area contributed by atoms with Gasteiger partial charge < -0.3 is 14.4 Å². The molecule has 7 nitrogen and oxygen atoms in total. The molecule has 0 bridgehead atoms. The zero-order chi connectivity index (χ0) is 16.6. The molecule has 1 N–H and O–H groups in total. The van der Waals surface area contributed by atoms with Crippen molar-refractivity contribution in [2.45, 2.75) is 32.6 Å². The van der Waals surface area contributed by atoms with Crippen molar-refractivity contribution < 1.29 is 14.6 Å². The molecule has 1 atom stereocenters. The number of carbonyl (C=O) groups is 1. The Kier molecular flexibility index (Phi) is 4.36. The Balaban J connectivity index is 1.90. The predicted molar refractivity (Wildman–Crippen MR) is 86.1 cm³/mol. The van der Waals surface area contributed by atoms with Crippen LogP contribution in [-0.4, -0.2) is 43.9 Å². The number of nitrogens with zero attached hydrogens (tertiary/aromatic N) is 4. The summed E-state index contributed by atoms with van der Waals surface area (Å²) < 4.78 is 8.19. The van der Waals surface area contributed by atoms with Crippen molar-refractivity contribution in [2.75, 3.05) is 7.11 Å². The summed E-state index contributed by atoms with van der Waals surface area (Å²) in [6, 6.07) is 5.11. The number of hydrogen-bond donors (Lipinski definition) is 1. The van der Waals surface area contributed by atoms with Crippen molar-refractivity contribution in [2.24, 2.45) is 0 Å². The van der Waals surface area contributed by atoms with Crippen LogP contribution in [0.4, 0.5) is 0 Å². The van der Waals surface area contributed by atoms with Crippen LogP contribution in [0.25, 0.3) is 0 Å². The van der Waals surface area contributed by atoms with E-state index < -0.39 is 12.0 Å². The fourth-order valence-corrected chi connectivity index (χ4v) is 3.17. The second-order valence-electron chi connectivity index (χ2n) is 5.49. The monoisotopic (exact) mass is 380 g/mol. The van der Waals surface area contributed by atoms with Gasteiger partial charge in [0.15, 0.2) is 0 Å². The first-order chi connectivity index (χ1) is 11.0. The zero-order valence-electron chi connectivity index (χ0n) is 12.9. The van der Waals surface area contributed by atoms with Crippen molar-refractivity contribution in [3.05, 3.63) is 39.9 Å². The summed E-state index contributed by atoms with van der Waals surface area (Å²) in [7, 11) is 1.61. The normalized spacial score (nSPS) is 17.8. The smallest absolute Gasteiger partial charge is 0.322 e. The quantitative estimate of drug-likeness (QED) is 0.871. The third-order valence-electron chi connectivity index (χ3n) is 4.06. The van der Waals surface area contributed by atoms with E-state index in [-0.39, 0.29) is 0 Å². The van der Waals surface area contributed by atoms with Crippen LogP contribution in [-0.2, 0) is 24.4 Å². The number of carboxylic acids is 1. The summed E-state index contributed by atoms with van der Waals surface area (Å²) in [6.45, 7) is 3.10. The maximum atomic E-state index is 11.7.